The molecule has 4 fully saturated rings. The van der Waals surface area contributed by atoms with Gasteiger partial charge in [-0.15, -0.1) is 12.4 Å². The second kappa shape index (κ2) is 11.3. The molecule has 188 valence electrons. The van der Waals surface area contributed by atoms with E-state index in [0.29, 0.717) is 12.6 Å². The largest absolute Gasteiger partial charge is 0.488 e. The Balaban J connectivity index is 0.00000274. The summed E-state index contributed by atoms with van der Waals surface area (Å²) in [4.78, 5) is 31.3. The minimum atomic E-state index is -0.706. The molecule has 2 heterocycles. The lowest BCUT2D eigenvalue weighted by Gasteiger charge is -2.38. The molecular weight excluding hydrogens is 454 g/mol. The van der Waals surface area contributed by atoms with E-state index in [9.17, 15) is 14.7 Å². The van der Waals surface area contributed by atoms with Crippen molar-refractivity contribution in [3.63, 3.8) is 0 Å². The van der Waals surface area contributed by atoms with Crippen molar-refractivity contribution in [1.29, 1.82) is 0 Å². The van der Waals surface area contributed by atoms with E-state index in [-0.39, 0.29) is 42.6 Å². The zero-order valence-electron chi connectivity index (χ0n) is 19.9. The first-order chi connectivity index (χ1) is 16.1. The van der Waals surface area contributed by atoms with Crippen molar-refractivity contribution < 1.29 is 19.4 Å². The number of para-hydroxylation sites is 2. The molecule has 2 amide bonds. The molecule has 0 aromatic heterocycles. The number of rotatable bonds is 7. The average Bonchev–Trinajstić information content (AvgIpc) is 3.43. The van der Waals surface area contributed by atoms with Crippen LogP contribution in [0.25, 0.3) is 0 Å². The van der Waals surface area contributed by atoms with Crippen molar-refractivity contribution in [3.05, 3.63) is 24.3 Å². The third-order valence-corrected chi connectivity index (χ3v) is 7.97. The molecule has 1 N–H and O–H groups in total. The van der Waals surface area contributed by atoms with Gasteiger partial charge in [-0.1, -0.05) is 25.0 Å². The number of hydrogen-bond donors (Lipinski definition) is 1. The molecule has 3 unspecified atom stereocenters. The number of hydrogen-bond acceptors (Lipinski definition) is 6. The Bertz CT molecular complexity index is 830. The number of fused-ring (bicyclic) bond motifs is 1. The highest BCUT2D eigenvalue weighted by atomic mass is 35.5. The zero-order valence-corrected chi connectivity index (χ0v) is 20.8. The molecule has 8 heteroatoms. The topological polar surface area (TPSA) is 73.3 Å². The monoisotopic (exact) mass is 491 g/mol. The number of piperazine rings is 1. The first-order valence-corrected chi connectivity index (χ1v) is 12.9. The van der Waals surface area contributed by atoms with Gasteiger partial charge in [-0.05, 0) is 50.7 Å². The Morgan fingerprint density at radius 1 is 0.853 bits per heavy atom. The predicted molar refractivity (Wildman–Crippen MR) is 133 cm³/mol. The maximum atomic E-state index is 12.7. The molecule has 2 saturated heterocycles. The van der Waals surface area contributed by atoms with Crippen LogP contribution in [0.3, 0.4) is 0 Å². The normalized spacial score (nSPS) is 27.0. The fourth-order valence-electron chi connectivity index (χ4n) is 6.15. The number of ether oxygens (including phenoxy) is 1. The van der Waals surface area contributed by atoms with Crippen LogP contribution in [0.4, 0.5) is 5.69 Å². The predicted octanol–water partition coefficient (Wildman–Crippen LogP) is 3.09. The fraction of sp³-hybridized carbons (Fsp3) is 0.692. The Labute approximate surface area is 208 Å². The Hall–Kier alpha value is -1.83. The number of aliphatic hydroxyl groups excluding tert-OH is 1. The summed E-state index contributed by atoms with van der Waals surface area (Å²) in [6.07, 6.45) is 8.10. The van der Waals surface area contributed by atoms with Crippen LogP contribution >= 0.6 is 12.4 Å². The number of carbonyl (C=O) groups is 2. The lowest BCUT2D eigenvalue weighted by molar-refractivity contribution is -0.141. The number of imide groups is 1. The second-order valence-electron chi connectivity index (χ2n) is 10.2. The van der Waals surface area contributed by atoms with Gasteiger partial charge < -0.3 is 14.7 Å². The van der Waals surface area contributed by atoms with Crippen LogP contribution in [-0.2, 0) is 9.59 Å². The summed E-state index contributed by atoms with van der Waals surface area (Å²) in [6.45, 7) is 4.01. The zero-order chi connectivity index (χ0) is 22.8. The average molecular weight is 492 g/mol. The summed E-state index contributed by atoms with van der Waals surface area (Å²) >= 11 is 0. The quantitative estimate of drug-likeness (QED) is 0.591. The summed E-state index contributed by atoms with van der Waals surface area (Å²) in [7, 11) is 0. The van der Waals surface area contributed by atoms with Crippen LogP contribution in [0, 0.1) is 11.8 Å². The standard InChI is InChI=1S/C26H37N3O4.ClH/c30-19(18-29-25(31)21-9-3-4-10-22(21)26(29)32)17-27-13-15-28(16-14-27)23-11-5-6-12-24(23)33-20-7-1-2-8-20;/h5-6,11-12,19-22,30H,1-4,7-10,13-18H2;1H. The van der Waals surface area contributed by atoms with E-state index in [0.717, 1.165) is 76.1 Å². The van der Waals surface area contributed by atoms with Gasteiger partial charge in [0, 0.05) is 32.7 Å². The second-order valence-corrected chi connectivity index (χ2v) is 10.2. The third kappa shape index (κ3) is 5.37. The number of nitrogens with zero attached hydrogens (tertiary/aromatic N) is 3. The molecule has 1 aromatic carbocycles. The van der Waals surface area contributed by atoms with Crippen LogP contribution in [0.1, 0.15) is 51.4 Å². The SMILES string of the molecule is Cl.O=C1C2CCCCC2C(=O)N1CC(O)CN1CCN(c2ccccc2OC2CCCC2)CC1. The van der Waals surface area contributed by atoms with Crippen molar-refractivity contribution in [3.8, 4) is 5.75 Å². The van der Waals surface area contributed by atoms with E-state index in [2.05, 4.69) is 28.0 Å². The molecular formula is C26H38ClN3O4. The highest BCUT2D eigenvalue weighted by Gasteiger charge is 2.48. The van der Waals surface area contributed by atoms with Crippen molar-refractivity contribution in [2.75, 3.05) is 44.2 Å². The molecule has 34 heavy (non-hydrogen) atoms. The van der Waals surface area contributed by atoms with Crippen molar-refractivity contribution >= 4 is 29.9 Å². The Morgan fingerprint density at radius 3 is 2.09 bits per heavy atom. The third-order valence-electron chi connectivity index (χ3n) is 7.97. The molecule has 0 spiro atoms. The number of carbonyl (C=O) groups excluding carboxylic acids is 2. The van der Waals surface area contributed by atoms with Crippen molar-refractivity contribution in [1.82, 2.24) is 9.80 Å². The van der Waals surface area contributed by atoms with E-state index in [1.807, 2.05) is 6.07 Å². The maximum absolute atomic E-state index is 12.7. The van der Waals surface area contributed by atoms with Crippen LogP contribution in [0.5, 0.6) is 5.75 Å². The summed E-state index contributed by atoms with van der Waals surface area (Å²) in [5.41, 5.74) is 1.15. The number of anilines is 1. The number of β-amino-alcohol motifs (C(OH)–C–C–N with tert-alkyl or cyclic N) is 1. The van der Waals surface area contributed by atoms with Crippen molar-refractivity contribution in [2.45, 2.75) is 63.6 Å². The number of amides is 2. The van der Waals surface area contributed by atoms with Crippen molar-refractivity contribution in [2.24, 2.45) is 11.8 Å². The van der Waals surface area contributed by atoms with E-state index < -0.39 is 6.10 Å². The molecule has 2 aliphatic heterocycles. The Morgan fingerprint density at radius 2 is 1.44 bits per heavy atom. The van der Waals surface area contributed by atoms with Crippen LogP contribution < -0.4 is 9.64 Å². The lowest BCUT2D eigenvalue weighted by atomic mass is 9.81. The van der Waals surface area contributed by atoms with Gasteiger partial charge in [0.1, 0.15) is 5.75 Å². The van der Waals surface area contributed by atoms with E-state index in [4.69, 9.17) is 4.74 Å². The van der Waals surface area contributed by atoms with E-state index >= 15 is 0 Å². The van der Waals surface area contributed by atoms with E-state index in [1.54, 1.807) is 0 Å². The molecule has 7 nitrogen and oxygen atoms in total. The minimum Gasteiger partial charge on any atom is -0.488 e. The molecule has 3 atom stereocenters. The number of likely N-dealkylation sites (tertiary alicyclic amines) is 1. The molecule has 0 radical (unpaired) electrons. The van der Waals surface area contributed by atoms with Gasteiger partial charge >= 0.3 is 0 Å². The summed E-state index contributed by atoms with van der Waals surface area (Å²) in [5, 5.41) is 10.7. The van der Waals surface area contributed by atoms with Gasteiger partial charge in [0.05, 0.1) is 36.3 Å². The molecule has 0 bridgehead atoms. The van der Waals surface area contributed by atoms with Gasteiger partial charge in [0.25, 0.3) is 0 Å². The maximum Gasteiger partial charge on any atom is 0.233 e. The van der Waals surface area contributed by atoms with Crippen LogP contribution in [-0.4, -0.2) is 78.2 Å². The van der Waals surface area contributed by atoms with Crippen LogP contribution in [0.2, 0.25) is 0 Å². The molecule has 2 aliphatic carbocycles. The van der Waals surface area contributed by atoms with Gasteiger partial charge in [0.2, 0.25) is 11.8 Å². The van der Waals surface area contributed by atoms with Gasteiger partial charge in [-0.25, -0.2) is 0 Å². The fourth-order valence-corrected chi connectivity index (χ4v) is 6.15. The van der Waals surface area contributed by atoms with Gasteiger partial charge in [-0.2, -0.15) is 0 Å². The van der Waals surface area contributed by atoms with Gasteiger partial charge in [-0.3, -0.25) is 19.4 Å². The number of benzene rings is 1. The lowest BCUT2D eigenvalue weighted by Crippen LogP contribution is -2.50. The number of halogens is 1. The minimum absolute atomic E-state index is 0. The number of aliphatic hydroxyl groups is 1. The first kappa shape index (κ1) is 25.3. The van der Waals surface area contributed by atoms with E-state index in [1.165, 1.54) is 17.7 Å². The summed E-state index contributed by atoms with van der Waals surface area (Å²) < 4.78 is 6.32. The molecule has 2 saturated carbocycles. The molecule has 1 aromatic rings. The van der Waals surface area contributed by atoms with Gasteiger partial charge in [0.15, 0.2) is 0 Å². The van der Waals surface area contributed by atoms with Crippen LogP contribution in [0.15, 0.2) is 24.3 Å². The Kier molecular flexibility index (Phi) is 8.38. The summed E-state index contributed by atoms with van der Waals surface area (Å²) in [6, 6.07) is 8.32. The highest BCUT2D eigenvalue weighted by Crippen LogP contribution is 2.38. The smallest absolute Gasteiger partial charge is 0.233 e. The highest BCUT2D eigenvalue weighted by molar-refractivity contribution is 6.05. The molecule has 4 aliphatic rings. The molecule has 5 rings (SSSR count). The summed E-state index contributed by atoms with van der Waals surface area (Å²) in [5.74, 6) is 0.562. The first-order valence-electron chi connectivity index (χ1n) is 12.9.